The van der Waals surface area contributed by atoms with E-state index in [1.54, 1.807) is 0 Å². The van der Waals surface area contributed by atoms with Crippen molar-refractivity contribution in [1.82, 2.24) is 5.32 Å². The quantitative estimate of drug-likeness (QED) is 0.890. The second-order valence-electron chi connectivity index (χ2n) is 6.67. The second-order valence-corrected chi connectivity index (χ2v) is 6.67. The Hall–Kier alpha value is -1.02. The number of anilines is 1. The molecule has 1 atom stereocenters. The van der Waals surface area contributed by atoms with E-state index in [9.17, 15) is 0 Å². The molecule has 1 aliphatic carbocycles. The van der Waals surface area contributed by atoms with Gasteiger partial charge in [0.05, 0.1) is 0 Å². The Labute approximate surface area is 123 Å². The van der Waals surface area contributed by atoms with Crippen molar-refractivity contribution in [3.05, 3.63) is 29.3 Å². The van der Waals surface area contributed by atoms with Gasteiger partial charge in [-0.1, -0.05) is 25.0 Å². The number of nitrogens with one attached hydrogen (secondary N) is 1. The Morgan fingerprint density at radius 1 is 1.15 bits per heavy atom. The topological polar surface area (TPSA) is 15.3 Å². The monoisotopic (exact) mass is 272 g/mol. The highest BCUT2D eigenvalue weighted by atomic mass is 15.2. The van der Waals surface area contributed by atoms with E-state index in [1.165, 1.54) is 61.9 Å². The zero-order chi connectivity index (χ0) is 13.9. The van der Waals surface area contributed by atoms with Crippen molar-refractivity contribution < 1.29 is 0 Å². The average Bonchev–Trinajstić information content (AvgIpc) is 3.25. The fraction of sp³-hybridized carbons (Fsp3) is 0.667. The maximum absolute atomic E-state index is 3.60. The highest BCUT2D eigenvalue weighted by Crippen LogP contribution is 2.28. The van der Waals surface area contributed by atoms with E-state index in [1.807, 2.05) is 0 Å². The molecule has 1 aromatic carbocycles. The van der Waals surface area contributed by atoms with Gasteiger partial charge in [-0.05, 0) is 56.7 Å². The third-order valence-corrected chi connectivity index (χ3v) is 4.80. The largest absolute Gasteiger partial charge is 0.369 e. The molecule has 2 aliphatic rings. The molecule has 0 spiro atoms. The number of hydrogen-bond acceptors (Lipinski definition) is 2. The molecule has 1 saturated carbocycles. The molecule has 1 saturated heterocycles. The van der Waals surface area contributed by atoms with E-state index < -0.39 is 0 Å². The fourth-order valence-electron chi connectivity index (χ4n) is 3.33. The normalized spacial score (nSPS) is 23.7. The van der Waals surface area contributed by atoms with Crippen LogP contribution in [0, 0.1) is 6.92 Å². The molecule has 3 rings (SSSR count). The highest BCUT2D eigenvalue weighted by molar-refractivity contribution is 5.55. The summed E-state index contributed by atoms with van der Waals surface area (Å²) in [6.45, 7) is 6.91. The Kier molecular flexibility index (Phi) is 4.30. The molecule has 2 heteroatoms. The first-order valence-electron chi connectivity index (χ1n) is 8.33. The summed E-state index contributed by atoms with van der Waals surface area (Å²) in [6, 6.07) is 8.52. The number of nitrogens with zero attached hydrogens (tertiary/aromatic N) is 1. The van der Waals surface area contributed by atoms with Gasteiger partial charge >= 0.3 is 0 Å². The van der Waals surface area contributed by atoms with Crippen LogP contribution in [0.15, 0.2) is 18.2 Å². The van der Waals surface area contributed by atoms with Crippen LogP contribution in [0.4, 0.5) is 5.69 Å². The van der Waals surface area contributed by atoms with Crippen LogP contribution in [-0.2, 0) is 6.54 Å². The predicted octanol–water partition coefficient (Wildman–Crippen LogP) is 4.02. The molecule has 1 unspecified atom stereocenters. The van der Waals surface area contributed by atoms with Gasteiger partial charge in [-0.25, -0.2) is 0 Å². The smallest absolute Gasteiger partial charge is 0.0398 e. The third kappa shape index (κ3) is 3.35. The molecule has 0 amide bonds. The van der Waals surface area contributed by atoms with E-state index in [-0.39, 0.29) is 0 Å². The van der Waals surface area contributed by atoms with Gasteiger partial charge in [0, 0.05) is 30.9 Å². The summed E-state index contributed by atoms with van der Waals surface area (Å²) in [6.07, 6.45) is 8.19. The summed E-state index contributed by atoms with van der Waals surface area (Å²) >= 11 is 0. The minimum absolute atomic E-state index is 0.687. The number of aryl methyl sites for hydroxylation is 1. The molecule has 1 aromatic rings. The van der Waals surface area contributed by atoms with Crippen LogP contribution in [0.3, 0.4) is 0 Å². The van der Waals surface area contributed by atoms with Crippen molar-refractivity contribution >= 4 is 5.69 Å². The first kappa shape index (κ1) is 13.9. The molecular weight excluding hydrogens is 244 g/mol. The zero-order valence-corrected chi connectivity index (χ0v) is 13.0. The molecule has 20 heavy (non-hydrogen) atoms. The molecule has 2 nitrogen and oxygen atoms in total. The minimum atomic E-state index is 0.687. The van der Waals surface area contributed by atoms with E-state index in [0.29, 0.717) is 6.04 Å². The zero-order valence-electron chi connectivity index (χ0n) is 13.0. The lowest BCUT2D eigenvalue weighted by Gasteiger charge is -2.31. The van der Waals surface area contributed by atoms with Gasteiger partial charge in [-0.15, -0.1) is 0 Å². The molecule has 1 heterocycles. The average molecular weight is 272 g/mol. The molecule has 2 fully saturated rings. The van der Waals surface area contributed by atoms with E-state index >= 15 is 0 Å². The van der Waals surface area contributed by atoms with Gasteiger partial charge in [0.1, 0.15) is 0 Å². The number of benzene rings is 1. The molecule has 1 N–H and O–H groups in total. The van der Waals surface area contributed by atoms with Gasteiger partial charge in [0.2, 0.25) is 0 Å². The lowest BCUT2D eigenvalue weighted by Crippen LogP contribution is -2.33. The second kappa shape index (κ2) is 6.17. The van der Waals surface area contributed by atoms with Gasteiger partial charge < -0.3 is 10.2 Å². The minimum Gasteiger partial charge on any atom is -0.369 e. The predicted molar refractivity (Wildman–Crippen MR) is 86.3 cm³/mol. The van der Waals surface area contributed by atoms with Gasteiger partial charge in [0.25, 0.3) is 0 Å². The first-order chi connectivity index (χ1) is 9.74. The fourth-order valence-corrected chi connectivity index (χ4v) is 3.33. The Balaban J connectivity index is 1.71. The van der Waals surface area contributed by atoms with Crippen molar-refractivity contribution in [3.63, 3.8) is 0 Å². The van der Waals surface area contributed by atoms with Crippen LogP contribution in [0.25, 0.3) is 0 Å². The molecular formula is C18H28N2. The van der Waals surface area contributed by atoms with Crippen LogP contribution >= 0.6 is 0 Å². The molecule has 0 radical (unpaired) electrons. The maximum Gasteiger partial charge on any atom is 0.0398 e. The first-order valence-corrected chi connectivity index (χ1v) is 8.33. The van der Waals surface area contributed by atoms with Gasteiger partial charge in [-0.2, -0.15) is 0 Å². The third-order valence-electron chi connectivity index (χ3n) is 4.80. The Bertz CT molecular complexity index is 451. The van der Waals surface area contributed by atoms with Gasteiger partial charge in [-0.3, -0.25) is 0 Å². The lowest BCUT2D eigenvalue weighted by atomic mass is 10.1. The highest BCUT2D eigenvalue weighted by Gasteiger charge is 2.21. The van der Waals surface area contributed by atoms with Crippen molar-refractivity contribution in [2.24, 2.45) is 0 Å². The van der Waals surface area contributed by atoms with Crippen LogP contribution in [-0.4, -0.2) is 18.6 Å². The van der Waals surface area contributed by atoms with Crippen LogP contribution in [0.2, 0.25) is 0 Å². The standard InChI is InChI=1S/C18H28N2/c1-14-12-16(13-19-17-8-9-17)7-10-18(14)20-11-5-3-4-6-15(20)2/h7,10,12,15,17,19H,3-6,8-9,11,13H2,1-2H3. The summed E-state index contributed by atoms with van der Waals surface area (Å²) in [5.74, 6) is 0. The maximum atomic E-state index is 3.60. The SMILES string of the molecule is Cc1cc(CNC2CC2)ccc1N1CCCCCC1C. The summed E-state index contributed by atoms with van der Waals surface area (Å²) in [5.41, 5.74) is 4.32. The molecule has 110 valence electrons. The molecule has 1 aliphatic heterocycles. The van der Waals surface area contributed by atoms with Crippen LogP contribution in [0.1, 0.15) is 56.6 Å². The number of hydrogen-bond donors (Lipinski definition) is 1. The molecule has 0 aromatic heterocycles. The van der Waals surface area contributed by atoms with Crippen molar-refractivity contribution in [2.75, 3.05) is 11.4 Å². The van der Waals surface area contributed by atoms with E-state index in [4.69, 9.17) is 0 Å². The molecule has 0 bridgehead atoms. The summed E-state index contributed by atoms with van der Waals surface area (Å²) in [7, 11) is 0. The van der Waals surface area contributed by atoms with E-state index in [2.05, 4.69) is 42.3 Å². The summed E-state index contributed by atoms with van der Waals surface area (Å²) < 4.78 is 0. The van der Waals surface area contributed by atoms with Crippen molar-refractivity contribution in [2.45, 2.75) is 71.0 Å². The van der Waals surface area contributed by atoms with Gasteiger partial charge in [0.15, 0.2) is 0 Å². The lowest BCUT2D eigenvalue weighted by molar-refractivity contribution is 0.615. The Morgan fingerprint density at radius 3 is 2.75 bits per heavy atom. The van der Waals surface area contributed by atoms with E-state index in [0.717, 1.165) is 12.6 Å². The van der Waals surface area contributed by atoms with Crippen molar-refractivity contribution in [1.29, 1.82) is 0 Å². The summed E-state index contributed by atoms with van der Waals surface area (Å²) in [5, 5.41) is 3.60. The van der Waals surface area contributed by atoms with Crippen LogP contribution < -0.4 is 10.2 Å². The summed E-state index contributed by atoms with van der Waals surface area (Å²) in [4.78, 5) is 2.63. The van der Waals surface area contributed by atoms with Crippen LogP contribution in [0.5, 0.6) is 0 Å². The number of rotatable bonds is 4. The Morgan fingerprint density at radius 2 is 2.00 bits per heavy atom. The van der Waals surface area contributed by atoms with Crippen molar-refractivity contribution in [3.8, 4) is 0 Å².